The normalized spacial score (nSPS) is 12.0. The highest BCUT2D eigenvalue weighted by Gasteiger charge is 2.06. The Morgan fingerprint density at radius 3 is 2.54 bits per heavy atom. The Hall–Kier alpha value is -1.98. The molecule has 0 radical (unpaired) electrons. The fraction of sp³-hybridized carbons (Fsp3) is 0.105. The van der Waals surface area contributed by atoms with Crippen molar-refractivity contribution in [3.05, 3.63) is 70.7 Å². The first-order chi connectivity index (χ1) is 11.6. The minimum Gasteiger partial charge on any atom is -0.507 e. The third kappa shape index (κ3) is 4.30. The summed E-state index contributed by atoms with van der Waals surface area (Å²) >= 11 is 3.34. The Kier molecular flexibility index (Phi) is 6.70. The fourth-order valence-corrected chi connectivity index (χ4v) is 3.45. The SMILES string of the molecule is CC.O=S(/N=C/c1c(O)ccc2ccccc12)c1cccc(Br)c1. The topological polar surface area (TPSA) is 49.7 Å². The lowest BCUT2D eigenvalue weighted by molar-refractivity contribution is 0.475. The molecule has 0 saturated carbocycles. The molecular formula is C19H18BrNO2S. The van der Waals surface area contributed by atoms with E-state index in [0.717, 1.165) is 15.2 Å². The molecule has 0 aromatic heterocycles. The second-order valence-corrected chi connectivity index (χ2v) is 6.76. The van der Waals surface area contributed by atoms with Crippen LogP contribution >= 0.6 is 15.9 Å². The smallest absolute Gasteiger partial charge is 0.172 e. The highest BCUT2D eigenvalue weighted by molar-refractivity contribution is 9.10. The van der Waals surface area contributed by atoms with Crippen molar-refractivity contribution in [2.45, 2.75) is 18.7 Å². The Morgan fingerprint density at radius 1 is 1.04 bits per heavy atom. The van der Waals surface area contributed by atoms with Gasteiger partial charge >= 0.3 is 0 Å². The lowest BCUT2D eigenvalue weighted by Crippen LogP contribution is -1.91. The largest absolute Gasteiger partial charge is 0.507 e. The number of aromatic hydroxyl groups is 1. The average molecular weight is 404 g/mol. The summed E-state index contributed by atoms with van der Waals surface area (Å²) in [5, 5.41) is 11.9. The van der Waals surface area contributed by atoms with Crippen LogP contribution in [0.1, 0.15) is 19.4 Å². The summed E-state index contributed by atoms with van der Waals surface area (Å²) in [7, 11) is -1.52. The van der Waals surface area contributed by atoms with Crippen molar-refractivity contribution in [3.8, 4) is 5.75 Å². The van der Waals surface area contributed by atoms with E-state index in [2.05, 4.69) is 20.3 Å². The van der Waals surface area contributed by atoms with Gasteiger partial charge in [-0.3, -0.25) is 0 Å². The molecule has 1 atom stereocenters. The molecule has 124 valence electrons. The Balaban J connectivity index is 0.00000100. The lowest BCUT2D eigenvalue weighted by Gasteiger charge is -2.04. The minimum absolute atomic E-state index is 0.119. The highest BCUT2D eigenvalue weighted by atomic mass is 79.9. The summed E-state index contributed by atoms with van der Waals surface area (Å²) in [6.45, 7) is 4.00. The van der Waals surface area contributed by atoms with Crippen LogP contribution in [-0.2, 0) is 11.0 Å². The number of benzene rings is 3. The van der Waals surface area contributed by atoms with Crippen molar-refractivity contribution in [2.24, 2.45) is 4.40 Å². The van der Waals surface area contributed by atoms with Crippen LogP contribution in [0, 0.1) is 0 Å². The molecule has 1 unspecified atom stereocenters. The summed E-state index contributed by atoms with van der Waals surface area (Å²) in [5.41, 5.74) is 0.571. The maximum Gasteiger partial charge on any atom is 0.172 e. The predicted octanol–water partition coefficient (Wildman–Crippen LogP) is 5.48. The van der Waals surface area contributed by atoms with Gasteiger partial charge in [-0.1, -0.05) is 66.2 Å². The van der Waals surface area contributed by atoms with Gasteiger partial charge in [-0.25, -0.2) is 4.21 Å². The maximum absolute atomic E-state index is 12.2. The molecule has 0 spiro atoms. The molecular weight excluding hydrogens is 386 g/mol. The van der Waals surface area contributed by atoms with Crippen LogP contribution in [0.15, 0.2) is 74.4 Å². The Bertz CT molecular complexity index is 893. The standard InChI is InChI=1S/C17H12BrNO2S.C2H6/c18-13-5-3-6-14(10-13)22(21)19-11-16-15-7-2-1-4-12(15)8-9-17(16)20;1-2/h1-11,20H;1-2H3/b19-11+;. The zero-order valence-corrected chi connectivity index (χ0v) is 15.8. The van der Waals surface area contributed by atoms with Crippen LogP contribution in [0.3, 0.4) is 0 Å². The lowest BCUT2D eigenvalue weighted by atomic mass is 10.0. The van der Waals surface area contributed by atoms with Gasteiger partial charge in [0.1, 0.15) is 5.75 Å². The molecule has 0 aliphatic rings. The third-order valence-corrected chi connectivity index (χ3v) is 4.67. The molecule has 1 N–H and O–H groups in total. The molecule has 0 aliphatic heterocycles. The predicted molar refractivity (Wildman–Crippen MR) is 105 cm³/mol. The molecule has 0 heterocycles. The van der Waals surface area contributed by atoms with E-state index in [9.17, 15) is 9.32 Å². The van der Waals surface area contributed by atoms with E-state index in [1.165, 1.54) is 6.21 Å². The summed E-state index contributed by atoms with van der Waals surface area (Å²) in [6, 6.07) is 18.3. The molecule has 0 bridgehead atoms. The molecule has 3 aromatic rings. The van der Waals surface area contributed by atoms with Crippen molar-refractivity contribution in [3.63, 3.8) is 0 Å². The molecule has 0 aliphatic carbocycles. The maximum atomic E-state index is 12.2. The zero-order valence-electron chi connectivity index (χ0n) is 13.4. The number of phenolic OH excluding ortho intramolecular Hbond substituents is 1. The van der Waals surface area contributed by atoms with Crippen LogP contribution < -0.4 is 0 Å². The van der Waals surface area contributed by atoms with Crippen molar-refractivity contribution in [2.75, 3.05) is 0 Å². The molecule has 0 amide bonds. The molecule has 0 fully saturated rings. The quantitative estimate of drug-likeness (QED) is 0.588. The van der Waals surface area contributed by atoms with Gasteiger partial charge in [0.15, 0.2) is 11.0 Å². The Labute approximate surface area is 152 Å². The van der Waals surface area contributed by atoms with E-state index in [0.29, 0.717) is 10.5 Å². The molecule has 0 saturated heterocycles. The number of fused-ring (bicyclic) bond motifs is 1. The number of nitrogens with zero attached hydrogens (tertiary/aromatic N) is 1. The first kappa shape index (κ1) is 18.4. The van der Waals surface area contributed by atoms with Gasteiger partial charge in [-0.05, 0) is 35.0 Å². The molecule has 24 heavy (non-hydrogen) atoms. The van der Waals surface area contributed by atoms with Gasteiger partial charge in [0.2, 0.25) is 0 Å². The van der Waals surface area contributed by atoms with Crippen molar-refractivity contribution < 1.29 is 9.32 Å². The summed E-state index contributed by atoms with van der Waals surface area (Å²) in [4.78, 5) is 0.602. The molecule has 3 aromatic carbocycles. The average Bonchev–Trinajstić information content (AvgIpc) is 2.62. The summed E-state index contributed by atoms with van der Waals surface area (Å²) in [5.74, 6) is 0.119. The number of rotatable bonds is 3. The van der Waals surface area contributed by atoms with Gasteiger partial charge in [0, 0.05) is 16.3 Å². The second kappa shape index (κ2) is 8.76. The van der Waals surface area contributed by atoms with Crippen LogP contribution in [-0.4, -0.2) is 15.5 Å². The van der Waals surface area contributed by atoms with Crippen molar-refractivity contribution in [1.82, 2.24) is 0 Å². The van der Waals surface area contributed by atoms with E-state index >= 15 is 0 Å². The monoisotopic (exact) mass is 403 g/mol. The van der Waals surface area contributed by atoms with Gasteiger partial charge in [-0.15, -0.1) is 0 Å². The van der Waals surface area contributed by atoms with Gasteiger partial charge < -0.3 is 5.11 Å². The number of halogens is 1. The highest BCUT2D eigenvalue weighted by Crippen LogP contribution is 2.25. The van der Waals surface area contributed by atoms with Crippen LogP contribution in [0.5, 0.6) is 5.75 Å². The van der Waals surface area contributed by atoms with E-state index in [1.54, 1.807) is 18.2 Å². The fourth-order valence-electron chi connectivity index (χ4n) is 2.16. The van der Waals surface area contributed by atoms with Crippen molar-refractivity contribution in [1.29, 1.82) is 0 Å². The van der Waals surface area contributed by atoms with E-state index < -0.39 is 11.0 Å². The van der Waals surface area contributed by atoms with Crippen LogP contribution in [0.4, 0.5) is 0 Å². The van der Waals surface area contributed by atoms with Crippen LogP contribution in [0.25, 0.3) is 10.8 Å². The Morgan fingerprint density at radius 2 is 1.79 bits per heavy atom. The molecule has 3 rings (SSSR count). The number of hydrogen-bond donors (Lipinski definition) is 1. The molecule has 3 nitrogen and oxygen atoms in total. The number of phenols is 1. The van der Waals surface area contributed by atoms with Gasteiger partial charge in [0.05, 0.1) is 4.90 Å². The van der Waals surface area contributed by atoms with Gasteiger partial charge in [0.25, 0.3) is 0 Å². The summed E-state index contributed by atoms with van der Waals surface area (Å²) < 4.78 is 17.2. The summed E-state index contributed by atoms with van der Waals surface area (Å²) in [6.07, 6.45) is 1.47. The minimum atomic E-state index is -1.52. The molecule has 5 heteroatoms. The number of hydrogen-bond acceptors (Lipinski definition) is 2. The second-order valence-electron chi connectivity index (χ2n) is 4.66. The van der Waals surface area contributed by atoms with E-state index in [-0.39, 0.29) is 5.75 Å². The van der Waals surface area contributed by atoms with Crippen LogP contribution in [0.2, 0.25) is 0 Å². The van der Waals surface area contributed by atoms with Gasteiger partial charge in [-0.2, -0.15) is 4.40 Å². The van der Waals surface area contributed by atoms with E-state index in [4.69, 9.17) is 0 Å². The van der Waals surface area contributed by atoms with Crippen molar-refractivity contribution >= 4 is 43.9 Å². The first-order valence-corrected chi connectivity index (χ1v) is 9.47. The van der Waals surface area contributed by atoms with E-state index in [1.807, 2.05) is 56.3 Å². The first-order valence-electron chi connectivity index (χ1n) is 7.57. The zero-order chi connectivity index (χ0) is 17.5. The third-order valence-electron chi connectivity index (χ3n) is 3.22.